The van der Waals surface area contributed by atoms with Gasteiger partial charge in [0.25, 0.3) is 0 Å². The average molecular weight is 466 g/mol. The Labute approximate surface area is 201 Å². The second kappa shape index (κ2) is 8.93. The number of halogens is 1. The molecule has 8 heteroatoms. The van der Waals surface area contributed by atoms with Crippen LogP contribution in [0.1, 0.15) is 16.8 Å². The SMILES string of the molecule is Cc1ccc(CNc2nc(-c3ccn(C)n3)c(-c3cc(Cl)c4ncccc4c3)nc2C#N)cc1. The fourth-order valence-electron chi connectivity index (χ4n) is 3.73. The van der Waals surface area contributed by atoms with Crippen molar-refractivity contribution in [2.75, 3.05) is 5.32 Å². The van der Waals surface area contributed by atoms with Crippen LogP contribution in [0, 0.1) is 18.3 Å². The highest BCUT2D eigenvalue weighted by Crippen LogP contribution is 2.34. The van der Waals surface area contributed by atoms with Crippen LogP contribution >= 0.6 is 11.6 Å². The highest BCUT2D eigenvalue weighted by molar-refractivity contribution is 6.35. The van der Waals surface area contributed by atoms with Gasteiger partial charge in [0.1, 0.15) is 23.2 Å². The van der Waals surface area contributed by atoms with Crippen molar-refractivity contribution >= 4 is 28.3 Å². The fourth-order valence-corrected chi connectivity index (χ4v) is 4.01. The van der Waals surface area contributed by atoms with Gasteiger partial charge < -0.3 is 5.32 Å². The lowest BCUT2D eigenvalue weighted by molar-refractivity contribution is 0.770. The Morgan fingerprint density at radius 1 is 1.06 bits per heavy atom. The Hall–Kier alpha value is -4.28. The van der Waals surface area contributed by atoms with Crippen molar-refractivity contribution in [2.45, 2.75) is 13.5 Å². The molecule has 0 aliphatic carbocycles. The molecule has 0 atom stereocenters. The highest BCUT2D eigenvalue weighted by atomic mass is 35.5. The molecule has 0 spiro atoms. The van der Waals surface area contributed by atoms with E-state index in [2.05, 4.69) is 33.6 Å². The van der Waals surface area contributed by atoms with Crippen LogP contribution < -0.4 is 5.32 Å². The Morgan fingerprint density at radius 3 is 2.62 bits per heavy atom. The van der Waals surface area contributed by atoms with Gasteiger partial charge in [-0.3, -0.25) is 9.67 Å². The smallest absolute Gasteiger partial charge is 0.183 e. The van der Waals surface area contributed by atoms with Gasteiger partial charge >= 0.3 is 0 Å². The molecule has 0 saturated heterocycles. The molecular weight excluding hydrogens is 446 g/mol. The third kappa shape index (κ3) is 4.19. The summed E-state index contributed by atoms with van der Waals surface area (Å²) in [4.78, 5) is 13.9. The van der Waals surface area contributed by atoms with E-state index in [-0.39, 0.29) is 5.69 Å². The van der Waals surface area contributed by atoms with Crippen molar-refractivity contribution in [3.8, 4) is 28.7 Å². The molecular formula is C26H20ClN7. The molecule has 2 aromatic carbocycles. The van der Waals surface area contributed by atoms with E-state index in [1.807, 2.05) is 56.6 Å². The Kier molecular flexibility index (Phi) is 5.66. The van der Waals surface area contributed by atoms with Crippen LogP contribution in [0.2, 0.25) is 5.02 Å². The fraction of sp³-hybridized carbons (Fsp3) is 0.115. The summed E-state index contributed by atoms with van der Waals surface area (Å²) < 4.78 is 1.70. The van der Waals surface area contributed by atoms with Gasteiger partial charge in [0, 0.05) is 36.9 Å². The molecule has 3 heterocycles. The van der Waals surface area contributed by atoms with Gasteiger partial charge in [0.2, 0.25) is 0 Å². The van der Waals surface area contributed by atoms with Crippen LogP contribution in [0.15, 0.2) is 67.0 Å². The molecule has 0 aliphatic heterocycles. The number of hydrogen-bond donors (Lipinski definition) is 1. The molecule has 1 N–H and O–H groups in total. The molecule has 3 aromatic heterocycles. The van der Waals surface area contributed by atoms with Crippen molar-refractivity contribution in [3.63, 3.8) is 0 Å². The molecule has 5 aromatic rings. The molecule has 34 heavy (non-hydrogen) atoms. The topological polar surface area (TPSA) is 92.3 Å². The van der Waals surface area contributed by atoms with E-state index in [4.69, 9.17) is 21.6 Å². The zero-order chi connectivity index (χ0) is 23.7. The monoisotopic (exact) mass is 465 g/mol. The third-order valence-electron chi connectivity index (χ3n) is 5.47. The van der Waals surface area contributed by atoms with Crippen LogP contribution in [-0.2, 0) is 13.6 Å². The van der Waals surface area contributed by atoms with Crippen LogP contribution in [-0.4, -0.2) is 24.7 Å². The first-order valence-electron chi connectivity index (χ1n) is 10.7. The number of aromatic nitrogens is 5. The molecule has 0 fully saturated rings. The second-order valence-corrected chi connectivity index (χ2v) is 8.38. The van der Waals surface area contributed by atoms with E-state index in [9.17, 15) is 5.26 Å². The molecule has 166 valence electrons. The second-order valence-electron chi connectivity index (χ2n) is 7.98. The first-order chi connectivity index (χ1) is 16.5. The summed E-state index contributed by atoms with van der Waals surface area (Å²) in [5, 5.41) is 19.0. The van der Waals surface area contributed by atoms with Gasteiger partial charge in [0.15, 0.2) is 11.5 Å². The Bertz CT molecular complexity index is 1550. The average Bonchev–Trinajstić information content (AvgIpc) is 3.29. The number of benzene rings is 2. The summed E-state index contributed by atoms with van der Waals surface area (Å²) in [5.74, 6) is 0.404. The normalized spacial score (nSPS) is 10.9. The number of nitrogens with zero attached hydrogens (tertiary/aromatic N) is 6. The number of nitrogens with one attached hydrogen (secondary N) is 1. The lowest BCUT2D eigenvalue weighted by atomic mass is 10.0. The van der Waals surface area contributed by atoms with Gasteiger partial charge in [-0.25, -0.2) is 9.97 Å². The summed E-state index contributed by atoms with van der Waals surface area (Å²) in [6.07, 6.45) is 3.55. The van der Waals surface area contributed by atoms with Gasteiger partial charge in [-0.05, 0) is 36.8 Å². The summed E-state index contributed by atoms with van der Waals surface area (Å²) in [6, 6.07) is 19.8. The van der Waals surface area contributed by atoms with Gasteiger partial charge in [-0.15, -0.1) is 0 Å². The standard InChI is InChI=1S/C26H20ClN7/c1-16-5-7-17(8-6-16)15-30-26-22(14-28)31-24(25(32-26)21-9-11-34(2)33-21)19-12-18-4-3-10-29-23(18)20(27)13-19/h3-13H,15H2,1-2H3,(H,30,32). The molecule has 0 radical (unpaired) electrons. The number of fused-ring (bicyclic) bond motifs is 1. The molecule has 0 amide bonds. The molecule has 0 saturated carbocycles. The minimum absolute atomic E-state index is 0.198. The minimum atomic E-state index is 0.198. The van der Waals surface area contributed by atoms with Gasteiger partial charge in [-0.2, -0.15) is 10.4 Å². The lowest BCUT2D eigenvalue weighted by Crippen LogP contribution is -2.08. The number of hydrogen-bond acceptors (Lipinski definition) is 6. The zero-order valence-corrected chi connectivity index (χ0v) is 19.4. The van der Waals surface area contributed by atoms with E-state index in [0.717, 1.165) is 16.5 Å². The Balaban J connectivity index is 1.64. The van der Waals surface area contributed by atoms with Crippen molar-refractivity contribution < 1.29 is 0 Å². The maximum atomic E-state index is 9.87. The molecule has 0 bridgehead atoms. The third-order valence-corrected chi connectivity index (χ3v) is 5.76. The molecule has 0 aliphatic rings. The number of rotatable bonds is 5. The number of aryl methyl sites for hydroxylation is 2. The zero-order valence-electron chi connectivity index (χ0n) is 18.6. The molecule has 5 rings (SSSR count). The first-order valence-corrected chi connectivity index (χ1v) is 11.1. The largest absolute Gasteiger partial charge is 0.364 e. The number of nitriles is 1. The van der Waals surface area contributed by atoms with E-state index < -0.39 is 0 Å². The number of anilines is 1. The minimum Gasteiger partial charge on any atom is -0.364 e. The summed E-state index contributed by atoms with van der Waals surface area (Å²) in [5.41, 5.74) is 5.65. The van der Waals surface area contributed by atoms with Crippen molar-refractivity contribution in [2.24, 2.45) is 7.05 Å². The van der Waals surface area contributed by atoms with Crippen molar-refractivity contribution in [1.82, 2.24) is 24.7 Å². The maximum Gasteiger partial charge on any atom is 0.183 e. The first kappa shape index (κ1) is 21.6. The predicted octanol–water partition coefficient (Wildman–Crippen LogP) is 5.54. The van der Waals surface area contributed by atoms with E-state index >= 15 is 0 Å². The number of pyridine rings is 1. The quantitative estimate of drug-likeness (QED) is 0.366. The summed E-state index contributed by atoms with van der Waals surface area (Å²) >= 11 is 6.54. The highest BCUT2D eigenvalue weighted by Gasteiger charge is 2.20. The van der Waals surface area contributed by atoms with E-state index in [1.165, 1.54) is 5.56 Å². The van der Waals surface area contributed by atoms with Crippen molar-refractivity contribution in [3.05, 3.63) is 88.8 Å². The van der Waals surface area contributed by atoms with Crippen LogP contribution in [0.3, 0.4) is 0 Å². The van der Waals surface area contributed by atoms with Crippen LogP contribution in [0.4, 0.5) is 5.82 Å². The molecule has 7 nitrogen and oxygen atoms in total. The van der Waals surface area contributed by atoms with Crippen LogP contribution in [0.5, 0.6) is 0 Å². The van der Waals surface area contributed by atoms with Gasteiger partial charge in [0.05, 0.1) is 10.5 Å². The molecule has 0 unspecified atom stereocenters. The predicted molar refractivity (Wildman–Crippen MR) is 133 cm³/mol. The van der Waals surface area contributed by atoms with E-state index in [0.29, 0.717) is 40.0 Å². The Morgan fingerprint density at radius 2 is 1.88 bits per heavy atom. The van der Waals surface area contributed by atoms with Gasteiger partial charge in [-0.1, -0.05) is 47.5 Å². The summed E-state index contributed by atoms with van der Waals surface area (Å²) in [6.45, 7) is 2.56. The van der Waals surface area contributed by atoms with Crippen molar-refractivity contribution in [1.29, 1.82) is 5.26 Å². The summed E-state index contributed by atoms with van der Waals surface area (Å²) in [7, 11) is 1.84. The van der Waals surface area contributed by atoms with Crippen LogP contribution in [0.25, 0.3) is 33.5 Å². The maximum absolute atomic E-state index is 9.87. The lowest BCUT2D eigenvalue weighted by Gasteiger charge is -2.13. The van der Waals surface area contributed by atoms with E-state index in [1.54, 1.807) is 16.9 Å².